The number of hydrogen-bond acceptors (Lipinski definition) is 4. The molecule has 0 atom stereocenters. The molecule has 5 heteroatoms. The first-order valence-corrected chi connectivity index (χ1v) is 6.51. The molecular formula is C15H12ClN3O. The fourth-order valence-electron chi connectivity index (χ4n) is 1.99. The number of hydrogen-bond donors (Lipinski definition) is 1. The molecule has 0 unspecified atom stereocenters. The van der Waals surface area contributed by atoms with Crippen LogP contribution in [0.25, 0.3) is 10.9 Å². The third-order valence-electron chi connectivity index (χ3n) is 2.92. The maximum Gasteiger partial charge on any atom is 0.147 e. The number of para-hydroxylation sites is 1. The summed E-state index contributed by atoms with van der Waals surface area (Å²) in [7, 11) is 0. The van der Waals surface area contributed by atoms with Crippen molar-refractivity contribution in [3.05, 3.63) is 59.5 Å². The van der Waals surface area contributed by atoms with Crippen LogP contribution in [0.15, 0.2) is 48.9 Å². The van der Waals surface area contributed by atoms with Gasteiger partial charge in [0, 0.05) is 36.0 Å². The van der Waals surface area contributed by atoms with E-state index in [4.69, 9.17) is 22.1 Å². The number of benzene rings is 1. The summed E-state index contributed by atoms with van der Waals surface area (Å²) in [5.41, 5.74) is 7.46. The summed E-state index contributed by atoms with van der Waals surface area (Å²) >= 11 is 5.92. The van der Waals surface area contributed by atoms with Crippen LogP contribution in [0.1, 0.15) is 5.56 Å². The van der Waals surface area contributed by atoms with Crippen molar-refractivity contribution in [1.29, 1.82) is 0 Å². The summed E-state index contributed by atoms with van der Waals surface area (Å²) in [6.45, 7) is 0.348. The van der Waals surface area contributed by atoms with Crippen LogP contribution in [-0.2, 0) is 6.54 Å². The van der Waals surface area contributed by atoms with Crippen LogP contribution in [0.4, 0.5) is 0 Å². The lowest BCUT2D eigenvalue weighted by Crippen LogP contribution is -2.01. The van der Waals surface area contributed by atoms with E-state index >= 15 is 0 Å². The molecule has 2 heterocycles. The van der Waals surface area contributed by atoms with Crippen LogP contribution in [0, 0.1) is 0 Å². The number of pyridine rings is 2. The highest BCUT2D eigenvalue weighted by molar-refractivity contribution is 6.30. The Morgan fingerprint density at radius 3 is 2.80 bits per heavy atom. The van der Waals surface area contributed by atoms with Crippen molar-refractivity contribution < 1.29 is 4.74 Å². The molecule has 1 aromatic carbocycles. The minimum atomic E-state index is 0.348. The Bertz CT molecular complexity index is 761. The molecule has 3 rings (SSSR count). The Kier molecular flexibility index (Phi) is 3.50. The molecule has 100 valence electrons. The highest BCUT2D eigenvalue weighted by Crippen LogP contribution is 2.32. The summed E-state index contributed by atoms with van der Waals surface area (Å²) in [6.07, 6.45) is 4.90. The van der Waals surface area contributed by atoms with E-state index in [9.17, 15) is 0 Å². The molecule has 0 saturated heterocycles. The van der Waals surface area contributed by atoms with E-state index in [1.807, 2.05) is 24.3 Å². The van der Waals surface area contributed by atoms with Gasteiger partial charge in [0.25, 0.3) is 0 Å². The average Bonchev–Trinajstić information content (AvgIpc) is 2.48. The number of fused-ring (bicyclic) bond motifs is 1. The maximum absolute atomic E-state index is 5.93. The van der Waals surface area contributed by atoms with E-state index in [-0.39, 0.29) is 0 Å². The van der Waals surface area contributed by atoms with E-state index in [1.54, 1.807) is 24.7 Å². The number of halogens is 1. The minimum Gasteiger partial charge on any atom is -0.455 e. The van der Waals surface area contributed by atoms with Crippen LogP contribution in [-0.4, -0.2) is 9.97 Å². The highest BCUT2D eigenvalue weighted by Gasteiger charge is 2.10. The van der Waals surface area contributed by atoms with Crippen molar-refractivity contribution in [2.24, 2.45) is 5.73 Å². The lowest BCUT2D eigenvalue weighted by atomic mass is 10.1. The van der Waals surface area contributed by atoms with Gasteiger partial charge in [-0.25, -0.2) is 0 Å². The lowest BCUT2D eigenvalue weighted by Gasteiger charge is -2.12. The van der Waals surface area contributed by atoms with Crippen LogP contribution in [0.3, 0.4) is 0 Å². The molecule has 2 N–H and O–H groups in total. The van der Waals surface area contributed by atoms with Crippen molar-refractivity contribution in [1.82, 2.24) is 9.97 Å². The fraction of sp³-hybridized carbons (Fsp3) is 0.0667. The van der Waals surface area contributed by atoms with Gasteiger partial charge in [0.05, 0.1) is 16.7 Å². The first-order chi connectivity index (χ1) is 9.78. The molecule has 2 aromatic heterocycles. The number of nitrogens with zero attached hydrogens (tertiary/aromatic N) is 2. The van der Waals surface area contributed by atoms with E-state index in [0.717, 1.165) is 16.5 Å². The summed E-state index contributed by atoms with van der Waals surface area (Å²) in [5, 5.41) is 1.44. The lowest BCUT2D eigenvalue weighted by molar-refractivity contribution is 0.479. The highest BCUT2D eigenvalue weighted by atomic mass is 35.5. The van der Waals surface area contributed by atoms with E-state index in [2.05, 4.69) is 9.97 Å². The first-order valence-electron chi connectivity index (χ1n) is 6.13. The second-order valence-electron chi connectivity index (χ2n) is 4.27. The predicted octanol–water partition coefficient (Wildman–Crippen LogP) is 3.53. The van der Waals surface area contributed by atoms with Gasteiger partial charge in [-0.15, -0.1) is 0 Å². The number of aromatic nitrogens is 2. The van der Waals surface area contributed by atoms with Crippen molar-refractivity contribution >= 4 is 22.5 Å². The Morgan fingerprint density at radius 2 is 2.00 bits per heavy atom. The summed E-state index contributed by atoms with van der Waals surface area (Å²) < 4.78 is 5.93. The van der Waals surface area contributed by atoms with Crippen LogP contribution >= 0.6 is 11.6 Å². The standard InChI is InChI=1S/C15H12ClN3O/c16-11-5-12(9-18-8-11)20-15-10(6-17)7-19-14-4-2-1-3-13(14)15/h1-5,7-9H,6,17H2. The van der Waals surface area contributed by atoms with Gasteiger partial charge in [-0.05, 0) is 12.1 Å². The Balaban J connectivity index is 2.13. The number of ether oxygens (including phenoxy) is 1. The molecule has 0 radical (unpaired) electrons. The molecule has 0 bridgehead atoms. The molecule has 0 spiro atoms. The van der Waals surface area contributed by atoms with Gasteiger partial charge < -0.3 is 10.5 Å². The maximum atomic E-state index is 5.93. The van der Waals surface area contributed by atoms with Gasteiger partial charge in [-0.1, -0.05) is 23.7 Å². The van der Waals surface area contributed by atoms with Gasteiger partial charge in [0.1, 0.15) is 11.5 Å². The van der Waals surface area contributed by atoms with Crippen LogP contribution in [0.5, 0.6) is 11.5 Å². The molecule has 0 fully saturated rings. The van der Waals surface area contributed by atoms with E-state index < -0.39 is 0 Å². The molecule has 0 amide bonds. The normalized spacial score (nSPS) is 10.7. The van der Waals surface area contributed by atoms with Crippen LogP contribution < -0.4 is 10.5 Å². The van der Waals surface area contributed by atoms with E-state index in [1.165, 1.54) is 0 Å². The van der Waals surface area contributed by atoms with Crippen molar-refractivity contribution in [2.75, 3.05) is 0 Å². The second-order valence-corrected chi connectivity index (χ2v) is 4.71. The topological polar surface area (TPSA) is 61.0 Å². The van der Waals surface area contributed by atoms with Crippen molar-refractivity contribution in [3.63, 3.8) is 0 Å². The zero-order chi connectivity index (χ0) is 13.9. The average molecular weight is 286 g/mol. The summed E-state index contributed by atoms with van der Waals surface area (Å²) in [5.74, 6) is 1.27. The molecule has 0 aliphatic rings. The van der Waals surface area contributed by atoms with Gasteiger partial charge in [0.15, 0.2) is 0 Å². The quantitative estimate of drug-likeness (QED) is 0.799. The third kappa shape index (κ3) is 2.43. The number of nitrogens with two attached hydrogens (primary N) is 1. The molecule has 20 heavy (non-hydrogen) atoms. The molecular weight excluding hydrogens is 274 g/mol. The van der Waals surface area contributed by atoms with Crippen molar-refractivity contribution in [3.8, 4) is 11.5 Å². The SMILES string of the molecule is NCc1cnc2ccccc2c1Oc1cncc(Cl)c1. The van der Waals surface area contributed by atoms with Crippen molar-refractivity contribution in [2.45, 2.75) is 6.54 Å². The smallest absolute Gasteiger partial charge is 0.147 e. The largest absolute Gasteiger partial charge is 0.455 e. The van der Waals surface area contributed by atoms with Gasteiger partial charge >= 0.3 is 0 Å². The molecule has 0 saturated carbocycles. The van der Waals surface area contributed by atoms with E-state index in [0.29, 0.717) is 23.1 Å². The van der Waals surface area contributed by atoms with Gasteiger partial charge in [-0.3, -0.25) is 9.97 Å². The molecule has 0 aliphatic carbocycles. The first kappa shape index (κ1) is 12.8. The second kappa shape index (κ2) is 5.45. The Morgan fingerprint density at radius 1 is 1.15 bits per heavy atom. The molecule has 3 aromatic rings. The number of rotatable bonds is 3. The summed E-state index contributed by atoms with van der Waals surface area (Å²) in [4.78, 5) is 8.38. The zero-order valence-electron chi connectivity index (χ0n) is 10.6. The summed E-state index contributed by atoms with van der Waals surface area (Å²) in [6, 6.07) is 9.47. The van der Waals surface area contributed by atoms with Crippen LogP contribution in [0.2, 0.25) is 5.02 Å². The predicted molar refractivity (Wildman–Crippen MR) is 79.0 cm³/mol. The third-order valence-corrected chi connectivity index (χ3v) is 3.13. The monoisotopic (exact) mass is 285 g/mol. The Labute approximate surface area is 121 Å². The fourth-order valence-corrected chi connectivity index (χ4v) is 2.15. The Hall–Kier alpha value is -2.17. The minimum absolute atomic E-state index is 0.348. The molecule has 4 nitrogen and oxygen atoms in total. The zero-order valence-corrected chi connectivity index (χ0v) is 11.3. The molecule has 0 aliphatic heterocycles. The van der Waals surface area contributed by atoms with Gasteiger partial charge in [0.2, 0.25) is 0 Å². The van der Waals surface area contributed by atoms with Gasteiger partial charge in [-0.2, -0.15) is 0 Å².